The minimum absolute atomic E-state index is 0.174. The van der Waals surface area contributed by atoms with Crippen molar-refractivity contribution in [1.29, 1.82) is 0 Å². The van der Waals surface area contributed by atoms with Crippen molar-refractivity contribution in [2.75, 3.05) is 0 Å². The molecule has 3 heterocycles. The average Bonchev–Trinajstić information content (AvgIpc) is 3.03. The molecule has 0 saturated carbocycles. The number of H-pyrrole nitrogens is 1. The Balaban J connectivity index is 1.86. The van der Waals surface area contributed by atoms with Crippen molar-refractivity contribution < 1.29 is 14.6 Å². The van der Waals surface area contributed by atoms with E-state index in [0.29, 0.717) is 27.2 Å². The van der Waals surface area contributed by atoms with Gasteiger partial charge in [-0.3, -0.25) is 0 Å². The smallest absolute Gasteiger partial charge is 0.338 e. The van der Waals surface area contributed by atoms with Crippen LogP contribution in [0.1, 0.15) is 21.6 Å². The lowest BCUT2D eigenvalue weighted by Crippen LogP contribution is -1.97. The lowest BCUT2D eigenvalue weighted by atomic mass is 10.2. The van der Waals surface area contributed by atoms with Crippen molar-refractivity contribution in [3.05, 3.63) is 56.4 Å². The Morgan fingerprint density at radius 3 is 2.77 bits per heavy atom. The van der Waals surface area contributed by atoms with E-state index in [4.69, 9.17) is 4.74 Å². The first kappa shape index (κ1) is 17.1. The minimum atomic E-state index is -1.01. The summed E-state index contributed by atoms with van der Waals surface area (Å²) in [4.78, 5) is 14.8. The number of carbonyl (C=O) groups is 1. The van der Waals surface area contributed by atoms with Gasteiger partial charge in [-0.15, -0.1) is 0 Å². The SMILES string of the molecule is Cc1[nH]c2ccc(Oc3ccnn4c(Br)c(C(=O)O)c(C)c34)cc2c1Br. The Bertz CT molecular complexity index is 1190. The Hall–Kier alpha value is -2.32. The van der Waals surface area contributed by atoms with Crippen LogP contribution in [0.3, 0.4) is 0 Å². The van der Waals surface area contributed by atoms with Crippen molar-refractivity contribution in [3.63, 3.8) is 0 Å². The highest BCUT2D eigenvalue weighted by Gasteiger charge is 2.22. The van der Waals surface area contributed by atoms with Crippen LogP contribution in [0.2, 0.25) is 0 Å². The fraction of sp³-hybridized carbons (Fsp3) is 0.111. The number of aromatic nitrogens is 3. The maximum absolute atomic E-state index is 11.5. The third kappa shape index (κ3) is 2.52. The molecule has 0 atom stereocenters. The molecule has 0 spiro atoms. The number of carboxylic acids is 1. The van der Waals surface area contributed by atoms with E-state index in [9.17, 15) is 9.90 Å². The molecule has 132 valence electrons. The van der Waals surface area contributed by atoms with Crippen LogP contribution in [0.15, 0.2) is 39.5 Å². The van der Waals surface area contributed by atoms with Crippen LogP contribution in [-0.4, -0.2) is 25.7 Å². The molecule has 4 aromatic rings. The number of hydrogen-bond donors (Lipinski definition) is 2. The van der Waals surface area contributed by atoms with E-state index in [2.05, 4.69) is 41.9 Å². The standard InChI is InChI=1S/C18H13Br2N3O3/c1-8-14(18(24)25)17(20)23-16(8)13(5-6-21-23)26-10-3-4-12-11(7-10)15(19)9(2)22-12/h3-7,22H,1-2H3,(H,24,25). The highest BCUT2D eigenvalue weighted by molar-refractivity contribution is 9.11. The molecule has 26 heavy (non-hydrogen) atoms. The fourth-order valence-corrected chi connectivity index (χ4v) is 4.24. The lowest BCUT2D eigenvalue weighted by molar-refractivity contribution is 0.0695. The van der Waals surface area contributed by atoms with E-state index >= 15 is 0 Å². The second-order valence-electron chi connectivity index (χ2n) is 5.93. The van der Waals surface area contributed by atoms with E-state index in [1.807, 2.05) is 25.1 Å². The van der Waals surface area contributed by atoms with Crippen LogP contribution in [0.4, 0.5) is 0 Å². The number of fused-ring (bicyclic) bond motifs is 2. The van der Waals surface area contributed by atoms with Gasteiger partial charge in [0.05, 0.1) is 11.8 Å². The van der Waals surface area contributed by atoms with E-state index in [1.165, 1.54) is 4.52 Å². The Kier molecular flexibility index (Phi) is 4.04. The maximum atomic E-state index is 11.5. The molecular formula is C18H13Br2N3O3. The normalized spacial score (nSPS) is 11.4. The second-order valence-corrected chi connectivity index (χ2v) is 7.47. The molecule has 3 aromatic heterocycles. The Labute approximate surface area is 165 Å². The summed E-state index contributed by atoms with van der Waals surface area (Å²) in [6.45, 7) is 3.74. The largest absolute Gasteiger partial charge is 0.478 e. The van der Waals surface area contributed by atoms with E-state index in [0.717, 1.165) is 21.1 Å². The summed E-state index contributed by atoms with van der Waals surface area (Å²) in [5.74, 6) is 0.173. The number of carboxylic acid groups (broad SMARTS) is 1. The molecule has 0 aliphatic rings. The molecular weight excluding hydrogens is 466 g/mol. The van der Waals surface area contributed by atoms with Crippen LogP contribution < -0.4 is 4.74 Å². The molecule has 0 bridgehead atoms. The molecule has 0 amide bonds. The first-order valence-electron chi connectivity index (χ1n) is 7.73. The number of aromatic carboxylic acids is 1. The minimum Gasteiger partial charge on any atom is -0.478 e. The summed E-state index contributed by atoms with van der Waals surface area (Å²) in [7, 11) is 0. The summed E-state index contributed by atoms with van der Waals surface area (Å²) in [5.41, 5.74) is 3.43. The zero-order valence-electron chi connectivity index (χ0n) is 13.8. The number of aromatic amines is 1. The van der Waals surface area contributed by atoms with Gasteiger partial charge in [-0.25, -0.2) is 9.31 Å². The van der Waals surface area contributed by atoms with Gasteiger partial charge in [-0.2, -0.15) is 5.10 Å². The quantitative estimate of drug-likeness (QED) is 0.410. The first-order chi connectivity index (χ1) is 12.4. The molecule has 0 aliphatic carbocycles. The van der Waals surface area contributed by atoms with Gasteiger partial charge < -0.3 is 14.8 Å². The first-order valence-corrected chi connectivity index (χ1v) is 9.32. The number of nitrogens with one attached hydrogen (secondary N) is 1. The third-order valence-corrected chi connectivity index (χ3v) is 6.05. The number of benzene rings is 1. The van der Waals surface area contributed by atoms with Gasteiger partial charge in [0.25, 0.3) is 0 Å². The van der Waals surface area contributed by atoms with E-state index < -0.39 is 5.97 Å². The van der Waals surface area contributed by atoms with Crippen molar-refractivity contribution in [2.45, 2.75) is 13.8 Å². The van der Waals surface area contributed by atoms with Gasteiger partial charge in [0.2, 0.25) is 0 Å². The molecule has 0 radical (unpaired) electrons. The average molecular weight is 479 g/mol. The molecule has 2 N–H and O–H groups in total. The number of rotatable bonds is 3. The summed E-state index contributed by atoms with van der Waals surface area (Å²) >= 11 is 6.90. The van der Waals surface area contributed by atoms with Crippen molar-refractivity contribution in [1.82, 2.24) is 14.6 Å². The van der Waals surface area contributed by atoms with Crippen LogP contribution in [0.25, 0.3) is 16.4 Å². The van der Waals surface area contributed by atoms with Gasteiger partial charge in [0.15, 0.2) is 5.75 Å². The van der Waals surface area contributed by atoms with Crippen molar-refractivity contribution in [2.24, 2.45) is 0 Å². The highest BCUT2D eigenvalue weighted by atomic mass is 79.9. The highest BCUT2D eigenvalue weighted by Crippen LogP contribution is 2.36. The summed E-state index contributed by atoms with van der Waals surface area (Å²) in [6, 6.07) is 7.48. The van der Waals surface area contributed by atoms with Crippen molar-refractivity contribution >= 4 is 54.2 Å². The molecule has 4 rings (SSSR count). The molecule has 0 fully saturated rings. The summed E-state index contributed by atoms with van der Waals surface area (Å²) in [5, 5.41) is 14.7. The molecule has 1 aromatic carbocycles. The van der Waals surface area contributed by atoms with Crippen LogP contribution in [0, 0.1) is 13.8 Å². The number of nitrogens with zero attached hydrogens (tertiary/aromatic N) is 2. The number of aryl methyl sites for hydroxylation is 2. The predicted molar refractivity (Wildman–Crippen MR) is 105 cm³/mol. The van der Waals surface area contributed by atoms with Crippen molar-refractivity contribution in [3.8, 4) is 11.5 Å². The van der Waals surface area contributed by atoms with Crippen LogP contribution in [-0.2, 0) is 0 Å². The van der Waals surface area contributed by atoms with E-state index in [-0.39, 0.29) is 5.56 Å². The number of ether oxygens (including phenoxy) is 1. The lowest BCUT2D eigenvalue weighted by Gasteiger charge is -2.08. The zero-order valence-corrected chi connectivity index (χ0v) is 17.0. The molecule has 0 unspecified atom stereocenters. The van der Waals surface area contributed by atoms with Gasteiger partial charge in [0, 0.05) is 27.1 Å². The van der Waals surface area contributed by atoms with Gasteiger partial charge in [-0.05, 0) is 69.5 Å². The molecule has 0 aliphatic heterocycles. The topological polar surface area (TPSA) is 79.6 Å². The number of halogens is 2. The fourth-order valence-electron chi connectivity index (χ4n) is 3.07. The maximum Gasteiger partial charge on any atom is 0.338 e. The zero-order chi connectivity index (χ0) is 18.6. The monoisotopic (exact) mass is 477 g/mol. The van der Waals surface area contributed by atoms with Crippen LogP contribution >= 0.6 is 31.9 Å². The van der Waals surface area contributed by atoms with Gasteiger partial charge in [0.1, 0.15) is 15.9 Å². The Morgan fingerprint density at radius 2 is 2.04 bits per heavy atom. The molecule has 6 nitrogen and oxygen atoms in total. The molecule has 8 heteroatoms. The van der Waals surface area contributed by atoms with Gasteiger partial charge >= 0.3 is 5.97 Å². The third-order valence-electron chi connectivity index (χ3n) is 4.30. The summed E-state index contributed by atoms with van der Waals surface area (Å²) < 4.78 is 9.00. The predicted octanol–water partition coefficient (Wildman–Crippen LogP) is 5.45. The number of hydrogen-bond acceptors (Lipinski definition) is 3. The second kappa shape index (κ2) is 6.14. The van der Waals surface area contributed by atoms with E-state index in [1.54, 1.807) is 19.2 Å². The Morgan fingerprint density at radius 1 is 1.27 bits per heavy atom. The van der Waals surface area contributed by atoms with Crippen LogP contribution in [0.5, 0.6) is 11.5 Å². The van der Waals surface area contributed by atoms with Gasteiger partial charge in [-0.1, -0.05) is 0 Å². The summed E-state index contributed by atoms with van der Waals surface area (Å²) in [6.07, 6.45) is 1.58. The molecule has 0 saturated heterocycles.